The third kappa shape index (κ3) is 1.70. The van der Waals surface area contributed by atoms with Gasteiger partial charge in [-0.2, -0.15) is 0 Å². The van der Waals surface area contributed by atoms with Gasteiger partial charge in [0.25, 0.3) is 0 Å². The summed E-state index contributed by atoms with van der Waals surface area (Å²) in [5.74, 6) is 1.05. The first-order chi connectivity index (χ1) is 6.83. The van der Waals surface area contributed by atoms with Gasteiger partial charge in [0.1, 0.15) is 5.76 Å². The van der Waals surface area contributed by atoms with Crippen molar-refractivity contribution in [3.8, 4) is 0 Å². The minimum atomic E-state index is 0.362. The van der Waals surface area contributed by atoms with Gasteiger partial charge < -0.3 is 10.2 Å². The van der Waals surface area contributed by atoms with Crippen molar-refractivity contribution in [1.29, 1.82) is 0 Å². The van der Waals surface area contributed by atoms with Gasteiger partial charge in [-0.25, -0.2) is 0 Å². The van der Waals surface area contributed by atoms with Gasteiger partial charge in [-0.3, -0.25) is 4.90 Å². The highest BCUT2D eigenvalue weighted by atomic mass is 16.3. The lowest BCUT2D eigenvalue weighted by Gasteiger charge is -2.28. The minimum absolute atomic E-state index is 0.362. The zero-order valence-electron chi connectivity index (χ0n) is 8.65. The summed E-state index contributed by atoms with van der Waals surface area (Å²) >= 11 is 0. The molecule has 1 fully saturated rings. The van der Waals surface area contributed by atoms with Gasteiger partial charge in [0.15, 0.2) is 0 Å². The summed E-state index contributed by atoms with van der Waals surface area (Å²) in [6.45, 7) is 4.08. The van der Waals surface area contributed by atoms with Crippen LogP contribution in [0, 0.1) is 0 Å². The van der Waals surface area contributed by atoms with Crippen LogP contribution >= 0.6 is 0 Å². The lowest BCUT2D eigenvalue weighted by Crippen LogP contribution is -2.37. The fourth-order valence-electron chi connectivity index (χ4n) is 2.31. The lowest BCUT2D eigenvalue weighted by atomic mass is 10.1. The zero-order chi connectivity index (χ0) is 9.97. The van der Waals surface area contributed by atoms with Crippen molar-refractivity contribution < 1.29 is 4.42 Å². The summed E-state index contributed by atoms with van der Waals surface area (Å²) in [6, 6.07) is 4.88. The molecular weight excluding hydrogens is 176 g/mol. The number of nitrogens with two attached hydrogens (primary N) is 1. The van der Waals surface area contributed by atoms with Crippen molar-refractivity contribution >= 4 is 0 Å². The Balaban J connectivity index is 2.07. The van der Waals surface area contributed by atoms with E-state index in [4.69, 9.17) is 10.2 Å². The molecule has 0 unspecified atom stereocenters. The van der Waals surface area contributed by atoms with Crippen molar-refractivity contribution in [2.24, 2.45) is 5.73 Å². The van der Waals surface area contributed by atoms with E-state index in [-0.39, 0.29) is 0 Å². The first kappa shape index (κ1) is 9.74. The Morgan fingerprint density at radius 1 is 1.71 bits per heavy atom. The van der Waals surface area contributed by atoms with Crippen molar-refractivity contribution in [3.05, 3.63) is 24.2 Å². The smallest absolute Gasteiger partial charge is 0.120 e. The Kier molecular flexibility index (Phi) is 2.89. The van der Waals surface area contributed by atoms with E-state index in [1.807, 2.05) is 12.1 Å². The van der Waals surface area contributed by atoms with Crippen LogP contribution in [0.15, 0.2) is 22.8 Å². The molecule has 0 amide bonds. The van der Waals surface area contributed by atoms with Gasteiger partial charge in [-0.15, -0.1) is 0 Å². The number of rotatable bonds is 3. The molecule has 2 rings (SSSR count). The molecule has 1 aliphatic heterocycles. The Bertz CT molecular complexity index is 271. The number of hydrogen-bond acceptors (Lipinski definition) is 3. The summed E-state index contributed by atoms with van der Waals surface area (Å²) in [5.41, 5.74) is 5.74. The normalized spacial score (nSPS) is 25.4. The number of hydrogen-bond donors (Lipinski definition) is 1. The van der Waals surface area contributed by atoms with E-state index in [1.165, 1.54) is 12.8 Å². The van der Waals surface area contributed by atoms with Gasteiger partial charge >= 0.3 is 0 Å². The molecule has 1 aromatic heterocycles. The molecule has 0 bridgehead atoms. The molecule has 78 valence electrons. The summed E-state index contributed by atoms with van der Waals surface area (Å²) < 4.78 is 5.42. The second kappa shape index (κ2) is 4.15. The van der Waals surface area contributed by atoms with Gasteiger partial charge in [0, 0.05) is 12.6 Å². The average Bonchev–Trinajstić information content (AvgIpc) is 2.87. The van der Waals surface area contributed by atoms with Crippen LogP contribution in [-0.4, -0.2) is 24.0 Å². The molecule has 0 spiro atoms. The van der Waals surface area contributed by atoms with Gasteiger partial charge in [0.05, 0.1) is 12.3 Å². The summed E-state index contributed by atoms with van der Waals surface area (Å²) in [7, 11) is 0. The molecule has 0 aromatic carbocycles. The van der Waals surface area contributed by atoms with E-state index in [0.29, 0.717) is 12.1 Å². The van der Waals surface area contributed by atoms with Crippen LogP contribution in [0.2, 0.25) is 0 Å². The first-order valence-corrected chi connectivity index (χ1v) is 5.32. The standard InChI is InChI=1S/C11H18N2O/c1-9(11-5-3-7-14-11)13-6-2-4-10(13)8-12/h3,5,7,9-10H,2,4,6,8,12H2,1H3/t9-,10-/m1/s1. The second-order valence-corrected chi connectivity index (χ2v) is 3.96. The molecule has 1 aliphatic rings. The van der Waals surface area contributed by atoms with E-state index < -0.39 is 0 Å². The largest absolute Gasteiger partial charge is 0.468 e. The molecule has 0 aliphatic carbocycles. The molecule has 14 heavy (non-hydrogen) atoms. The summed E-state index contributed by atoms with van der Waals surface area (Å²) in [4.78, 5) is 2.44. The van der Waals surface area contributed by atoms with E-state index in [2.05, 4.69) is 11.8 Å². The highest BCUT2D eigenvalue weighted by Crippen LogP contribution is 2.28. The van der Waals surface area contributed by atoms with E-state index in [9.17, 15) is 0 Å². The van der Waals surface area contributed by atoms with Crippen LogP contribution in [0.3, 0.4) is 0 Å². The quantitative estimate of drug-likeness (QED) is 0.797. The van der Waals surface area contributed by atoms with Crippen molar-refractivity contribution in [3.63, 3.8) is 0 Å². The third-order valence-corrected chi connectivity index (χ3v) is 3.15. The lowest BCUT2D eigenvalue weighted by molar-refractivity contribution is 0.176. The Hall–Kier alpha value is -0.800. The third-order valence-electron chi connectivity index (χ3n) is 3.15. The van der Waals surface area contributed by atoms with Gasteiger partial charge in [-0.1, -0.05) is 0 Å². The topological polar surface area (TPSA) is 42.4 Å². The summed E-state index contributed by atoms with van der Waals surface area (Å²) in [5, 5.41) is 0. The second-order valence-electron chi connectivity index (χ2n) is 3.96. The molecule has 2 heterocycles. The predicted molar refractivity (Wildman–Crippen MR) is 55.9 cm³/mol. The van der Waals surface area contributed by atoms with Crippen molar-refractivity contribution in [2.45, 2.75) is 31.8 Å². The molecule has 3 heteroatoms. The SMILES string of the molecule is C[C@H](c1ccco1)N1CCC[C@@H]1CN. The highest BCUT2D eigenvalue weighted by Gasteiger charge is 2.29. The van der Waals surface area contributed by atoms with Crippen molar-refractivity contribution in [1.82, 2.24) is 4.90 Å². The molecule has 0 saturated carbocycles. The molecule has 2 N–H and O–H groups in total. The molecule has 1 saturated heterocycles. The van der Waals surface area contributed by atoms with Crippen LogP contribution in [0.25, 0.3) is 0 Å². The fourth-order valence-corrected chi connectivity index (χ4v) is 2.31. The maximum atomic E-state index is 5.74. The molecule has 2 atom stereocenters. The van der Waals surface area contributed by atoms with E-state index in [0.717, 1.165) is 18.8 Å². The van der Waals surface area contributed by atoms with Crippen LogP contribution in [-0.2, 0) is 0 Å². The molecular formula is C11H18N2O. The maximum Gasteiger partial charge on any atom is 0.120 e. The Morgan fingerprint density at radius 3 is 3.21 bits per heavy atom. The van der Waals surface area contributed by atoms with Gasteiger partial charge in [0.2, 0.25) is 0 Å². The zero-order valence-corrected chi connectivity index (χ0v) is 8.65. The molecule has 0 radical (unpaired) electrons. The van der Waals surface area contributed by atoms with Crippen LogP contribution in [0.5, 0.6) is 0 Å². The Morgan fingerprint density at radius 2 is 2.57 bits per heavy atom. The van der Waals surface area contributed by atoms with Crippen LogP contribution in [0.1, 0.15) is 31.6 Å². The molecule has 1 aromatic rings. The molecule has 3 nitrogen and oxygen atoms in total. The number of furan rings is 1. The van der Waals surface area contributed by atoms with E-state index in [1.54, 1.807) is 6.26 Å². The van der Waals surface area contributed by atoms with Crippen molar-refractivity contribution in [2.75, 3.05) is 13.1 Å². The maximum absolute atomic E-state index is 5.74. The highest BCUT2D eigenvalue weighted by molar-refractivity contribution is 5.05. The minimum Gasteiger partial charge on any atom is -0.468 e. The number of likely N-dealkylation sites (tertiary alicyclic amines) is 1. The van der Waals surface area contributed by atoms with Crippen LogP contribution < -0.4 is 5.73 Å². The average molecular weight is 194 g/mol. The monoisotopic (exact) mass is 194 g/mol. The van der Waals surface area contributed by atoms with Crippen LogP contribution in [0.4, 0.5) is 0 Å². The fraction of sp³-hybridized carbons (Fsp3) is 0.636. The van der Waals surface area contributed by atoms with E-state index >= 15 is 0 Å². The summed E-state index contributed by atoms with van der Waals surface area (Å²) in [6.07, 6.45) is 4.22. The first-order valence-electron chi connectivity index (χ1n) is 5.32. The predicted octanol–water partition coefficient (Wildman–Crippen LogP) is 1.76. The number of nitrogens with zero attached hydrogens (tertiary/aromatic N) is 1. The van der Waals surface area contributed by atoms with Gasteiger partial charge in [-0.05, 0) is 38.4 Å². The Labute approximate surface area is 84.9 Å².